The van der Waals surface area contributed by atoms with Crippen molar-refractivity contribution in [3.05, 3.63) is 21.6 Å². The monoisotopic (exact) mass is 228 g/mol. The van der Waals surface area contributed by atoms with Crippen LogP contribution >= 0.6 is 11.6 Å². The summed E-state index contributed by atoms with van der Waals surface area (Å²) < 4.78 is 0. The predicted molar refractivity (Wildman–Crippen MR) is 55.0 cm³/mol. The Bertz CT molecular complexity index is 394. The zero-order valence-electron chi connectivity index (χ0n) is 7.81. The Labute approximate surface area is 90.8 Å². The van der Waals surface area contributed by atoms with Gasteiger partial charge in [-0.3, -0.25) is 10.1 Å². The van der Waals surface area contributed by atoms with Crippen LogP contribution in [0, 0.1) is 10.1 Å². The quantitative estimate of drug-likeness (QED) is 0.486. The summed E-state index contributed by atoms with van der Waals surface area (Å²) in [4.78, 5) is 17.5. The molecule has 1 aliphatic rings. The van der Waals surface area contributed by atoms with E-state index in [0.29, 0.717) is 0 Å². The number of nitrogens with zero attached hydrogens (tertiary/aromatic N) is 3. The summed E-state index contributed by atoms with van der Waals surface area (Å²) in [7, 11) is 0. The molecule has 0 saturated heterocycles. The smallest absolute Gasteiger partial charge is 0.329 e. The molecule has 80 valence electrons. The van der Waals surface area contributed by atoms with Gasteiger partial charge >= 0.3 is 5.69 Å². The first-order valence-corrected chi connectivity index (χ1v) is 4.98. The Kier molecular flexibility index (Phi) is 2.68. The van der Waals surface area contributed by atoms with Gasteiger partial charge in [-0.25, -0.2) is 4.98 Å². The molecule has 1 aliphatic carbocycles. The lowest BCUT2D eigenvalue weighted by atomic mass is 9.93. The average Bonchev–Trinajstić information content (AvgIpc) is 2.11. The summed E-state index contributed by atoms with van der Waals surface area (Å²) in [5.41, 5.74) is -0.133. The van der Waals surface area contributed by atoms with Gasteiger partial charge in [0.2, 0.25) is 11.1 Å². The van der Waals surface area contributed by atoms with E-state index in [1.54, 1.807) is 0 Å². The van der Waals surface area contributed by atoms with Crippen LogP contribution in [0.3, 0.4) is 0 Å². The minimum Gasteiger partial charge on any atom is -0.361 e. The van der Waals surface area contributed by atoms with Crippen molar-refractivity contribution in [2.24, 2.45) is 0 Å². The Balaban J connectivity index is 2.24. The van der Waals surface area contributed by atoms with Crippen molar-refractivity contribution in [1.82, 2.24) is 9.97 Å². The fraction of sp³-hybridized carbons (Fsp3) is 0.500. The minimum absolute atomic E-state index is 0.0161. The van der Waals surface area contributed by atoms with Gasteiger partial charge in [0.25, 0.3) is 0 Å². The summed E-state index contributed by atoms with van der Waals surface area (Å²) in [5, 5.41) is 13.7. The van der Waals surface area contributed by atoms with E-state index in [0.717, 1.165) is 25.5 Å². The molecule has 0 aromatic carbocycles. The summed E-state index contributed by atoms with van der Waals surface area (Å²) >= 11 is 5.58. The molecule has 0 amide bonds. The van der Waals surface area contributed by atoms with Gasteiger partial charge in [0.15, 0.2) is 0 Å². The van der Waals surface area contributed by atoms with Crippen molar-refractivity contribution in [2.45, 2.75) is 25.3 Å². The highest BCUT2D eigenvalue weighted by Gasteiger charge is 2.23. The number of hydrogen-bond donors (Lipinski definition) is 1. The molecule has 7 heteroatoms. The lowest BCUT2D eigenvalue weighted by molar-refractivity contribution is -0.384. The van der Waals surface area contributed by atoms with Crippen LogP contribution in [0.15, 0.2) is 6.20 Å². The van der Waals surface area contributed by atoms with Crippen LogP contribution in [0.25, 0.3) is 0 Å². The van der Waals surface area contributed by atoms with E-state index in [2.05, 4.69) is 15.3 Å². The molecule has 0 aliphatic heterocycles. The van der Waals surface area contributed by atoms with Crippen molar-refractivity contribution in [2.75, 3.05) is 5.32 Å². The van der Waals surface area contributed by atoms with Gasteiger partial charge in [-0.15, -0.1) is 0 Å². The number of rotatable bonds is 3. The van der Waals surface area contributed by atoms with Crippen LogP contribution in [-0.2, 0) is 0 Å². The van der Waals surface area contributed by atoms with Gasteiger partial charge in [0, 0.05) is 6.04 Å². The second kappa shape index (κ2) is 3.98. The number of halogens is 1. The van der Waals surface area contributed by atoms with E-state index in [1.807, 2.05) is 0 Å². The number of nitrogens with one attached hydrogen (secondary N) is 1. The first kappa shape index (κ1) is 10.1. The topological polar surface area (TPSA) is 81.0 Å². The average molecular weight is 229 g/mol. The molecular weight excluding hydrogens is 220 g/mol. The van der Waals surface area contributed by atoms with Gasteiger partial charge in [-0.1, -0.05) is 0 Å². The molecular formula is C8H9ClN4O2. The normalized spacial score (nSPS) is 15.8. The SMILES string of the molecule is O=[N+]([O-])c1cnc(Cl)nc1NC1CCC1. The van der Waals surface area contributed by atoms with E-state index in [-0.39, 0.29) is 22.8 Å². The largest absolute Gasteiger partial charge is 0.361 e. The molecule has 1 aromatic rings. The molecule has 0 unspecified atom stereocenters. The van der Waals surface area contributed by atoms with Crippen LogP contribution in [0.4, 0.5) is 11.5 Å². The fourth-order valence-electron chi connectivity index (χ4n) is 1.34. The number of anilines is 1. The minimum atomic E-state index is -0.517. The van der Waals surface area contributed by atoms with Crippen LogP contribution in [0.5, 0.6) is 0 Å². The van der Waals surface area contributed by atoms with Crippen LogP contribution < -0.4 is 5.32 Å². The first-order chi connectivity index (χ1) is 7.16. The van der Waals surface area contributed by atoms with Crippen molar-refractivity contribution in [3.63, 3.8) is 0 Å². The van der Waals surface area contributed by atoms with E-state index in [9.17, 15) is 10.1 Å². The zero-order chi connectivity index (χ0) is 10.8. The third-order valence-corrected chi connectivity index (χ3v) is 2.56. The third kappa shape index (κ3) is 2.15. The Morgan fingerprint density at radius 2 is 2.33 bits per heavy atom. The Morgan fingerprint density at radius 3 is 2.87 bits per heavy atom. The van der Waals surface area contributed by atoms with Crippen molar-refractivity contribution in [3.8, 4) is 0 Å². The molecule has 15 heavy (non-hydrogen) atoms. The van der Waals surface area contributed by atoms with Gasteiger partial charge in [-0.2, -0.15) is 4.98 Å². The van der Waals surface area contributed by atoms with Gasteiger partial charge in [0.1, 0.15) is 6.20 Å². The van der Waals surface area contributed by atoms with Crippen LogP contribution in [0.2, 0.25) is 5.28 Å². The standard InChI is InChI=1S/C8H9ClN4O2/c9-8-10-4-6(13(14)15)7(12-8)11-5-2-1-3-5/h4-5H,1-3H2,(H,10,11,12). The molecule has 6 nitrogen and oxygen atoms in total. The van der Waals surface area contributed by atoms with Crippen LogP contribution in [-0.4, -0.2) is 20.9 Å². The van der Waals surface area contributed by atoms with Gasteiger partial charge < -0.3 is 5.32 Å². The highest BCUT2D eigenvalue weighted by molar-refractivity contribution is 6.28. The molecule has 0 spiro atoms. The van der Waals surface area contributed by atoms with E-state index < -0.39 is 4.92 Å². The molecule has 0 radical (unpaired) electrons. The molecule has 0 bridgehead atoms. The summed E-state index contributed by atoms with van der Waals surface area (Å²) in [6.07, 6.45) is 4.29. The number of hydrogen-bond acceptors (Lipinski definition) is 5. The second-order valence-electron chi connectivity index (χ2n) is 3.40. The molecule has 1 N–H and O–H groups in total. The maximum absolute atomic E-state index is 10.7. The number of aromatic nitrogens is 2. The summed E-state index contributed by atoms with van der Waals surface area (Å²) in [6.45, 7) is 0. The molecule has 0 atom stereocenters. The summed E-state index contributed by atoms with van der Waals surface area (Å²) in [5.74, 6) is 0.213. The first-order valence-electron chi connectivity index (χ1n) is 4.60. The fourth-order valence-corrected chi connectivity index (χ4v) is 1.47. The molecule has 2 rings (SSSR count). The van der Waals surface area contributed by atoms with E-state index in [1.165, 1.54) is 0 Å². The highest BCUT2D eigenvalue weighted by Crippen LogP contribution is 2.27. The highest BCUT2D eigenvalue weighted by atomic mass is 35.5. The van der Waals surface area contributed by atoms with Gasteiger partial charge in [0.05, 0.1) is 4.92 Å². The number of nitro groups is 1. The molecule has 1 aromatic heterocycles. The maximum Gasteiger partial charge on any atom is 0.329 e. The van der Waals surface area contributed by atoms with Crippen LogP contribution in [0.1, 0.15) is 19.3 Å². The van der Waals surface area contributed by atoms with Crippen molar-refractivity contribution < 1.29 is 4.92 Å². The summed E-state index contributed by atoms with van der Waals surface area (Å²) in [6, 6.07) is 0.273. The molecule has 1 fully saturated rings. The van der Waals surface area contributed by atoms with Gasteiger partial charge in [-0.05, 0) is 30.9 Å². The molecule has 1 heterocycles. The maximum atomic E-state index is 10.7. The third-order valence-electron chi connectivity index (χ3n) is 2.38. The zero-order valence-corrected chi connectivity index (χ0v) is 8.57. The lowest BCUT2D eigenvalue weighted by Gasteiger charge is -2.26. The Hall–Kier alpha value is -1.43. The van der Waals surface area contributed by atoms with E-state index >= 15 is 0 Å². The second-order valence-corrected chi connectivity index (χ2v) is 3.74. The molecule has 1 saturated carbocycles. The lowest BCUT2D eigenvalue weighted by Crippen LogP contribution is -2.28. The van der Waals surface area contributed by atoms with E-state index in [4.69, 9.17) is 11.6 Å². The van der Waals surface area contributed by atoms with Crippen molar-refractivity contribution in [1.29, 1.82) is 0 Å². The predicted octanol–water partition coefficient (Wildman–Crippen LogP) is 2.00. The Morgan fingerprint density at radius 1 is 1.60 bits per heavy atom. The van der Waals surface area contributed by atoms with Crippen molar-refractivity contribution >= 4 is 23.1 Å².